The number of rotatable bonds is 3. The second-order valence-electron chi connectivity index (χ2n) is 4.59. The number of pyridine rings is 1. The zero-order valence-electron chi connectivity index (χ0n) is 9.08. The van der Waals surface area contributed by atoms with Crippen LogP contribution in [0.5, 0.6) is 5.88 Å². The molecule has 2 N–H and O–H groups in total. The normalized spacial score (nSPS) is 11.4. The standard InChI is InChI=1S/C11H18N2O/c1-11(2,3)5-7-14-10-8-9(12)4-6-13-10/h4,6,8H,5,7H2,1-3H3,(H2,12,13). The lowest BCUT2D eigenvalue weighted by atomic mass is 9.93. The summed E-state index contributed by atoms with van der Waals surface area (Å²) in [5.74, 6) is 0.606. The number of anilines is 1. The Morgan fingerprint density at radius 3 is 2.71 bits per heavy atom. The van der Waals surface area contributed by atoms with E-state index in [4.69, 9.17) is 10.5 Å². The van der Waals surface area contributed by atoms with Gasteiger partial charge in [0.25, 0.3) is 0 Å². The Hall–Kier alpha value is -1.25. The van der Waals surface area contributed by atoms with Crippen molar-refractivity contribution in [2.75, 3.05) is 12.3 Å². The minimum Gasteiger partial charge on any atom is -0.478 e. The van der Waals surface area contributed by atoms with Crippen molar-refractivity contribution in [3.05, 3.63) is 18.3 Å². The monoisotopic (exact) mass is 194 g/mol. The van der Waals surface area contributed by atoms with E-state index in [1.807, 2.05) is 0 Å². The Kier molecular flexibility index (Phi) is 3.33. The van der Waals surface area contributed by atoms with Crippen LogP contribution in [0.25, 0.3) is 0 Å². The molecular weight excluding hydrogens is 176 g/mol. The van der Waals surface area contributed by atoms with Crippen LogP contribution in [0.4, 0.5) is 5.69 Å². The predicted molar refractivity (Wildman–Crippen MR) is 58.2 cm³/mol. The number of ether oxygens (including phenoxy) is 1. The summed E-state index contributed by atoms with van der Waals surface area (Å²) in [4.78, 5) is 4.06. The summed E-state index contributed by atoms with van der Waals surface area (Å²) >= 11 is 0. The molecule has 0 aliphatic heterocycles. The fourth-order valence-electron chi connectivity index (χ4n) is 0.965. The largest absolute Gasteiger partial charge is 0.478 e. The summed E-state index contributed by atoms with van der Waals surface area (Å²) in [6.07, 6.45) is 2.66. The maximum Gasteiger partial charge on any atom is 0.215 e. The number of nitrogens with zero attached hydrogens (tertiary/aromatic N) is 1. The lowest BCUT2D eigenvalue weighted by Crippen LogP contribution is -2.11. The number of nitrogens with two attached hydrogens (primary N) is 1. The first-order valence-electron chi connectivity index (χ1n) is 4.82. The van der Waals surface area contributed by atoms with E-state index in [-0.39, 0.29) is 0 Å². The zero-order chi connectivity index (χ0) is 10.6. The summed E-state index contributed by atoms with van der Waals surface area (Å²) in [5, 5.41) is 0. The van der Waals surface area contributed by atoms with Gasteiger partial charge in [-0.05, 0) is 17.9 Å². The lowest BCUT2D eigenvalue weighted by molar-refractivity contribution is 0.236. The molecule has 3 nitrogen and oxygen atoms in total. The maximum absolute atomic E-state index is 5.60. The van der Waals surface area contributed by atoms with E-state index >= 15 is 0 Å². The van der Waals surface area contributed by atoms with Crippen LogP contribution in [-0.4, -0.2) is 11.6 Å². The van der Waals surface area contributed by atoms with Gasteiger partial charge in [0, 0.05) is 18.0 Å². The number of aromatic nitrogens is 1. The molecule has 0 saturated heterocycles. The minimum atomic E-state index is 0.292. The molecule has 14 heavy (non-hydrogen) atoms. The van der Waals surface area contributed by atoms with Crippen molar-refractivity contribution in [3.63, 3.8) is 0 Å². The van der Waals surface area contributed by atoms with Crippen LogP contribution in [0.15, 0.2) is 18.3 Å². The molecule has 0 amide bonds. The van der Waals surface area contributed by atoms with E-state index in [9.17, 15) is 0 Å². The highest BCUT2D eigenvalue weighted by Crippen LogP contribution is 2.19. The van der Waals surface area contributed by atoms with Gasteiger partial charge in [0.15, 0.2) is 0 Å². The highest BCUT2D eigenvalue weighted by atomic mass is 16.5. The fourth-order valence-corrected chi connectivity index (χ4v) is 0.965. The molecule has 0 unspecified atom stereocenters. The smallest absolute Gasteiger partial charge is 0.215 e. The van der Waals surface area contributed by atoms with Crippen molar-refractivity contribution in [1.82, 2.24) is 4.98 Å². The maximum atomic E-state index is 5.60. The van der Waals surface area contributed by atoms with Crippen LogP contribution in [-0.2, 0) is 0 Å². The van der Waals surface area contributed by atoms with Crippen LogP contribution in [0.1, 0.15) is 27.2 Å². The van der Waals surface area contributed by atoms with E-state index < -0.39 is 0 Å². The summed E-state index contributed by atoms with van der Waals surface area (Å²) in [6, 6.07) is 3.49. The summed E-state index contributed by atoms with van der Waals surface area (Å²) in [5.41, 5.74) is 6.57. The third kappa shape index (κ3) is 4.12. The summed E-state index contributed by atoms with van der Waals surface area (Å²) < 4.78 is 5.47. The SMILES string of the molecule is CC(C)(C)CCOc1cc(N)ccn1. The molecule has 1 aromatic rings. The molecular formula is C11H18N2O. The topological polar surface area (TPSA) is 48.1 Å². The zero-order valence-corrected chi connectivity index (χ0v) is 9.08. The molecule has 0 bridgehead atoms. The third-order valence-corrected chi connectivity index (χ3v) is 1.86. The minimum absolute atomic E-state index is 0.292. The van der Waals surface area contributed by atoms with Crippen molar-refractivity contribution < 1.29 is 4.74 Å². The Labute approximate surface area is 85.3 Å². The van der Waals surface area contributed by atoms with Gasteiger partial charge in [-0.25, -0.2) is 4.98 Å². The fraction of sp³-hybridized carbons (Fsp3) is 0.545. The highest BCUT2D eigenvalue weighted by molar-refractivity contribution is 5.39. The van der Waals surface area contributed by atoms with Crippen LogP contribution < -0.4 is 10.5 Å². The van der Waals surface area contributed by atoms with Crippen molar-refractivity contribution in [2.45, 2.75) is 27.2 Å². The summed E-state index contributed by atoms with van der Waals surface area (Å²) in [7, 11) is 0. The number of hydrogen-bond donors (Lipinski definition) is 1. The summed E-state index contributed by atoms with van der Waals surface area (Å²) in [6.45, 7) is 7.23. The highest BCUT2D eigenvalue weighted by Gasteiger charge is 2.09. The lowest BCUT2D eigenvalue weighted by Gasteiger charge is -2.17. The molecule has 0 aliphatic carbocycles. The van der Waals surface area contributed by atoms with Gasteiger partial charge >= 0.3 is 0 Å². The van der Waals surface area contributed by atoms with E-state index in [1.54, 1.807) is 18.3 Å². The van der Waals surface area contributed by atoms with Crippen molar-refractivity contribution >= 4 is 5.69 Å². The second-order valence-corrected chi connectivity index (χ2v) is 4.59. The van der Waals surface area contributed by atoms with Crippen molar-refractivity contribution in [3.8, 4) is 5.88 Å². The molecule has 1 rings (SSSR count). The van der Waals surface area contributed by atoms with Crippen LogP contribution in [0.2, 0.25) is 0 Å². The molecule has 0 aromatic carbocycles. The first-order valence-corrected chi connectivity index (χ1v) is 4.82. The Morgan fingerprint density at radius 2 is 2.14 bits per heavy atom. The van der Waals surface area contributed by atoms with Gasteiger partial charge in [-0.2, -0.15) is 0 Å². The predicted octanol–water partition coefficient (Wildman–Crippen LogP) is 2.48. The first-order chi connectivity index (χ1) is 6.47. The van der Waals surface area contributed by atoms with E-state index in [2.05, 4.69) is 25.8 Å². The molecule has 0 aliphatic rings. The van der Waals surface area contributed by atoms with Crippen LogP contribution in [0.3, 0.4) is 0 Å². The van der Waals surface area contributed by atoms with Crippen molar-refractivity contribution in [2.24, 2.45) is 5.41 Å². The van der Waals surface area contributed by atoms with Gasteiger partial charge in [-0.1, -0.05) is 20.8 Å². The molecule has 1 heterocycles. The van der Waals surface area contributed by atoms with E-state index in [1.165, 1.54) is 0 Å². The molecule has 1 aromatic heterocycles. The van der Waals surface area contributed by atoms with E-state index in [0.717, 1.165) is 6.42 Å². The van der Waals surface area contributed by atoms with E-state index in [0.29, 0.717) is 23.6 Å². The first kappa shape index (κ1) is 10.8. The van der Waals surface area contributed by atoms with Crippen LogP contribution in [0, 0.1) is 5.41 Å². The van der Waals surface area contributed by atoms with Gasteiger partial charge in [0.05, 0.1) is 6.61 Å². The molecule has 78 valence electrons. The Morgan fingerprint density at radius 1 is 1.43 bits per heavy atom. The van der Waals surface area contributed by atoms with Gasteiger partial charge in [-0.3, -0.25) is 0 Å². The Bertz CT molecular complexity index is 292. The van der Waals surface area contributed by atoms with Gasteiger partial charge in [0.2, 0.25) is 5.88 Å². The molecule has 0 saturated carbocycles. The number of hydrogen-bond acceptors (Lipinski definition) is 3. The Balaban J connectivity index is 2.39. The number of nitrogen functional groups attached to an aromatic ring is 1. The molecule has 0 atom stereocenters. The quantitative estimate of drug-likeness (QED) is 0.804. The van der Waals surface area contributed by atoms with Gasteiger partial charge in [-0.15, -0.1) is 0 Å². The molecule has 3 heteroatoms. The van der Waals surface area contributed by atoms with Crippen molar-refractivity contribution in [1.29, 1.82) is 0 Å². The third-order valence-electron chi connectivity index (χ3n) is 1.86. The van der Waals surface area contributed by atoms with Crippen LogP contribution >= 0.6 is 0 Å². The van der Waals surface area contributed by atoms with Gasteiger partial charge in [0.1, 0.15) is 0 Å². The van der Waals surface area contributed by atoms with Gasteiger partial charge < -0.3 is 10.5 Å². The molecule has 0 radical (unpaired) electrons. The molecule has 0 spiro atoms. The second kappa shape index (κ2) is 4.31. The average Bonchev–Trinajstić information content (AvgIpc) is 2.01. The molecule has 0 fully saturated rings. The average molecular weight is 194 g/mol.